The highest BCUT2D eigenvalue weighted by Gasteiger charge is 2.36. The lowest BCUT2D eigenvalue weighted by Gasteiger charge is -2.26. The molecule has 0 saturated carbocycles. The first-order valence-electron chi connectivity index (χ1n) is 8.17. The lowest BCUT2D eigenvalue weighted by molar-refractivity contribution is 0.301. The summed E-state index contributed by atoms with van der Waals surface area (Å²) in [6, 6.07) is 0. The smallest absolute Gasteiger partial charge is 0.231 e. The van der Waals surface area contributed by atoms with Crippen LogP contribution in [0.2, 0.25) is 0 Å². The van der Waals surface area contributed by atoms with Gasteiger partial charge in [0.25, 0.3) is 0 Å². The van der Waals surface area contributed by atoms with Crippen LogP contribution in [-0.4, -0.2) is 41.1 Å². The largest absolute Gasteiger partial charge is 0.368 e. The van der Waals surface area contributed by atoms with Crippen molar-refractivity contribution in [1.82, 2.24) is 15.0 Å². The van der Waals surface area contributed by atoms with E-state index >= 15 is 0 Å². The number of rotatable bonds is 4. The van der Waals surface area contributed by atoms with Gasteiger partial charge in [-0.3, -0.25) is 0 Å². The van der Waals surface area contributed by atoms with Gasteiger partial charge in [-0.2, -0.15) is 15.0 Å². The molecule has 116 valence electrons. The molecule has 3 heterocycles. The number of nitrogens with two attached hydrogens (primary N) is 1. The maximum absolute atomic E-state index is 5.91. The van der Waals surface area contributed by atoms with Gasteiger partial charge in [-0.1, -0.05) is 13.8 Å². The number of hydrogen-bond acceptors (Lipinski definition) is 6. The van der Waals surface area contributed by atoms with Crippen molar-refractivity contribution in [3.05, 3.63) is 0 Å². The van der Waals surface area contributed by atoms with Crippen LogP contribution in [-0.2, 0) is 0 Å². The van der Waals surface area contributed by atoms with Crippen LogP contribution >= 0.6 is 0 Å². The van der Waals surface area contributed by atoms with E-state index in [9.17, 15) is 0 Å². The summed E-state index contributed by atoms with van der Waals surface area (Å²) in [4.78, 5) is 17.9. The lowest BCUT2D eigenvalue weighted by Crippen LogP contribution is -2.29. The Labute approximate surface area is 126 Å². The molecule has 2 saturated heterocycles. The Bertz CT molecular complexity index is 493. The molecule has 1 aromatic rings. The Morgan fingerprint density at radius 3 is 2.14 bits per heavy atom. The van der Waals surface area contributed by atoms with Crippen LogP contribution in [0.4, 0.5) is 17.8 Å². The van der Waals surface area contributed by atoms with Crippen molar-refractivity contribution in [1.29, 1.82) is 0 Å². The van der Waals surface area contributed by atoms with Gasteiger partial charge in [0.2, 0.25) is 17.8 Å². The fraction of sp³-hybridized carbons (Fsp3) is 0.800. The van der Waals surface area contributed by atoms with Crippen molar-refractivity contribution < 1.29 is 0 Å². The molecule has 0 unspecified atom stereocenters. The zero-order chi connectivity index (χ0) is 14.9. The molecule has 0 bridgehead atoms. The number of nitrogens with zero attached hydrogens (tertiary/aromatic N) is 5. The van der Waals surface area contributed by atoms with E-state index in [1.165, 1.54) is 32.1 Å². The molecule has 2 fully saturated rings. The second-order valence-corrected chi connectivity index (χ2v) is 6.37. The number of nitrogen functional groups attached to an aromatic ring is 1. The summed E-state index contributed by atoms with van der Waals surface area (Å²) in [5.41, 5.74) is 6.32. The number of hydrogen-bond donors (Lipinski definition) is 1. The van der Waals surface area contributed by atoms with E-state index in [1.807, 2.05) is 0 Å². The van der Waals surface area contributed by atoms with Crippen LogP contribution in [0.15, 0.2) is 0 Å². The van der Waals surface area contributed by atoms with Crippen LogP contribution in [0.25, 0.3) is 0 Å². The predicted octanol–water partition coefficient (Wildman–Crippen LogP) is 2.07. The lowest BCUT2D eigenvalue weighted by atomic mass is 9.82. The highest BCUT2D eigenvalue weighted by molar-refractivity contribution is 5.45. The molecule has 2 aliphatic rings. The van der Waals surface area contributed by atoms with Crippen molar-refractivity contribution >= 4 is 17.8 Å². The third-order valence-electron chi connectivity index (χ3n) is 5.24. The van der Waals surface area contributed by atoms with E-state index in [0.29, 0.717) is 11.4 Å². The molecular formula is C15H26N6. The Hall–Kier alpha value is -1.59. The van der Waals surface area contributed by atoms with Crippen LogP contribution < -0.4 is 15.5 Å². The second-order valence-electron chi connectivity index (χ2n) is 6.37. The van der Waals surface area contributed by atoms with Crippen LogP contribution in [0, 0.1) is 5.41 Å². The van der Waals surface area contributed by atoms with Gasteiger partial charge in [-0.15, -0.1) is 0 Å². The molecule has 0 atom stereocenters. The molecule has 2 aliphatic heterocycles. The molecule has 3 rings (SSSR count). The van der Waals surface area contributed by atoms with Crippen molar-refractivity contribution in [2.24, 2.45) is 5.41 Å². The fourth-order valence-electron chi connectivity index (χ4n) is 3.50. The maximum Gasteiger partial charge on any atom is 0.231 e. The van der Waals surface area contributed by atoms with E-state index < -0.39 is 0 Å². The molecule has 0 aliphatic carbocycles. The number of aromatic nitrogens is 3. The monoisotopic (exact) mass is 290 g/mol. The van der Waals surface area contributed by atoms with Crippen molar-refractivity contribution in [3.8, 4) is 0 Å². The van der Waals surface area contributed by atoms with Gasteiger partial charge in [0.1, 0.15) is 0 Å². The molecule has 0 aromatic carbocycles. The highest BCUT2D eigenvalue weighted by atomic mass is 15.4. The molecule has 6 nitrogen and oxygen atoms in total. The van der Waals surface area contributed by atoms with E-state index in [4.69, 9.17) is 5.73 Å². The van der Waals surface area contributed by atoms with Gasteiger partial charge in [0, 0.05) is 26.2 Å². The second kappa shape index (κ2) is 5.66. The summed E-state index contributed by atoms with van der Waals surface area (Å²) in [5, 5.41) is 0. The van der Waals surface area contributed by atoms with Gasteiger partial charge >= 0.3 is 0 Å². The van der Waals surface area contributed by atoms with Gasteiger partial charge in [0.15, 0.2) is 0 Å². The normalized spacial score (nSPS) is 21.2. The molecular weight excluding hydrogens is 264 g/mol. The van der Waals surface area contributed by atoms with Crippen molar-refractivity contribution in [2.75, 3.05) is 41.7 Å². The molecule has 1 aromatic heterocycles. The van der Waals surface area contributed by atoms with E-state index in [2.05, 4.69) is 38.6 Å². The van der Waals surface area contributed by atoms with E-state index in [0.717, 1.165) is 38.1 Å². The summed E-state index contributed by atoms with van der Waals surface area (Å²) in [6.45, 7) is 8.66. The summed E-state index contributed by atoms with van der Waals surface area (Å²) >= 11 is 0. The van der Waals surface area contributed by atoms with Gasteiger partial charge < -0.3 is 15.5 Å². The topological polar surface area (TPSA) is 71.2 Å². The average molecular weight is 290 g/mol. The summed E-state index contributed by atoms with van der Waals surface area (Å²) < 4.78 is 0. The Morgan fingerprint density at radius 2 is 1.57 bits per heavy atom. The van der Waals surface area contributed by atoms with Gasteiger partial charge in [0.05, 0.1) is 0 Å². The first-order valence-corrected chi connectivity index (χ1v) is 8.17. The number of anilines is 3. The quantitative estimate of drug-likeness (QED) is 0.915. The van der Waals surface area contributed by atoms with Gasteiger partial charge in [-0.25, -0.2) is 0 Å². The minimum Gasteiger partial charge on any atom is -0.368 e. The molecule has 2 N–H and O–H groups in total. The Kier molecular flexibility index (Phi) is 3.87. The highest BCUT2D eigenvalue weighted by Crippen LogP contribution is 2.38. The minimum absolute atomic E-state index is 0.340. The SMILES string of the molecule is CCC1(CC)CCN(c2nc(N)nc(N3CCCC3)n2)C1. The summed E-state index contributed by atoms with van der Waals surface area (Å²) in [7, 11) is 0. The standard InChI is InChI=1S/C15H26N6/c1-3-15(4-2)7-10-21(11-15)14-18-12(16)17-13(19-14)20-8-5-6-9-20/h3-11H2,1-2H3,(H2,16,17,18,19). The zero-order valence-corrected chi connectivity index (χ0v) is 13.2. The van der Waals surface area contributed by atoms with Gasteiger partial charge in [-0.05, 0) is 37.5 Å². The minimum atomic E-state index is 0.340. The molecule has 6 heteroatoms. The molecule has 0 spiro atoms. The van der Waals surface area contributed by atoms with Crippen LogP contribution in [0.1, 0.15) is 46.0 Å². The third kappa shape index (κ3) is 2.76. The zero-order valence-electron chi connectivity index (χ0n) is 13.2. The predicted molar refractivity (Wildman–Crippen MR) is 85.5 cm³/mol. The van der Waals surface area contributed by atoms with Crippen molar-refractivity contribution in [3.63, 3.8) is 0 Å². The average Bonchev–Trinajstić information content (AvgIpc) is 3.17. The Balaban J connectivity index is 1.82. The fourth-order valence-corrected chi connectivity index (χ4v) is 3.50. The van der Waals surface area contributed by atoms with Crippen molar-refractivity contribution in [2.45, 2.75) is 46.0 Å². The Morgan fingerprint density at radius 1 is 0.952 bits per heavy atom. The first kappa shape index (κ1) is 14.4. The first-order chi connectivity index (χ1) is 10.2. The van der Waals surface area contributed by atoms with Crippen LogP contribution in [0.3, 0.4) is 0 Å². The third-order valence-corrected chi connectivity index (χ3v) is 5.24. The van der Waals surface area contributed by atoms with Crippen LogP contribution in [0.5, 0.6) is 0 Å². The molecule has 0 amide bonds. The molecule has 0 radical (unpaired) electrons. The molecule has 21 heavy (non-hydrogen) atoms. The summed E-state index contributed by atoms with van der Waals surface area (Å²) in [5.74, 6) is 1.85. The van der Waals surface area contributed by atoms with E-state index in [1.54, 1.807) is 0 Å². The maximum atomic E-state index is 5.91. The van der Waals surface area contributed by atoms with E-state index in [-0.39, 0.29) is 0 Å². The summed E-state index contributed by atoms with van der Waals surface area (Å²) in [6.07, 6.45) is 6.04.